The van der Waals surface area contributed by atoms with Crippen LogP contribution in [0.4, 0.5) is 5.82 Å². The summed E-state index contributed by atoms with van der Waals surface area (Å²) in [5.41, 5.74) is 0.626. The lowest BCUT2D eigenvalue weighted by Gasteiger charge is -2.27. The summed E-state index contributed by atoms with van der Waals surface area (Å²) in [5.74, 6) is 4.10. The first-order chi connectivity index (χ1) is 11.7. The van der Waals surface area contributed by atoms with Gasteiger partial charge in [-0.3, -0.25) is 4.79 Å². The number of hydrogen-bond donors (Lipinski definition) is 0. The number of aryl methyl sites for hydroxylation is 1. The van der Waals surface area contributed by atoms with Crippen LogP contribution in [0.25, 0.3) is 0 Å². The van der Waals surface area contributed by atoms with Crippen LogP contribution in [0, 0.1) is 0 Å². The summed E-state index contributed by atoms with van der Waals surface area (Å²) in [5, 5.41) is 0. The van der Waals surface area contributed by atoms with Crippen LogP contribution >= 0.6 is 11.8 Å². The highest BCUT2D eigenvalue weighted by atomic mass is 32.2. The smallest absolute Gasteiger partial charge is 0.255 e. The molecule has 1 fully saturated rings. The van der Waals surface area contributed by atoms with Crippen LogP contribution in [0.2, 0.25) is 0 Å². The van der Waals surface area contributed by atoms with Crippen LogP contribution in [0.15, 0.2) is 30.7 Å². The molecule has 24 heavy (non-hydrogen) atoms. The minimum atomic E-state index is -0.00579. The number of nitrogens with zero attached hydrogens (tertiary/aromatic N) is 5. The van der Waals surface area contributed by atoms with E-state index in [1.165, 1.54) is 0 Å². The minimum Gasteiger partial charge on any atom is -0.355 e. The number of anilines is 1. The lowest BCUT2D eigenvalue weighted by atomic mass is 10.2. The first-order valence-electron chi connectivity index (χ1n) is 8.23. The van der Waals surface area contributed by atoms with Gasteiger partial charge in [0, 0.05) is 56.8 Å². The monoisotopic (exact) mass is 345 g/mol. The molecule has 0 atom stereocenters. The average molecular weight is 345 g/mol. The molecule has 1 saturated heterocycles. The van der Waals surface area contributed by atoms with Crippen molar-refractivity contribution < 1.29 is 4.79 Å². The fourth-order valence-corrected chi connectivity index (χ4v) is 3.62. The summed E-state index contributed by atoms with van der Waals surface area (Å²) in [6, 6.07) is 3.84. The van der Waals surface area contributed by atoms with Gasteiger partial charge in [0.05, 0.1) is 12.1 Å². The Morgan fingerprint density at radius 3 is 2.67 bits per heavy atom. The highest BCUT2D eigenvalue weighted by molar-refractivity contribution is 7.99. The molecule has 0 N–H and O–H groups in total. The van der Waals surface area contributed by atoms with Crippen molar-refractivity contribution in [3.8, 4) is 0 Å². The van der Waals surface area contributed by atoms with Crippen LogP contribution in [0.3, 0.4) is 0 Å². The minimum absolute atomic E-state index is 0.00579. The molecule has 3 rings (SSSR count). The molecule has 128 valence electrons. The summed E-state index contributed by atoms with van der Waals surface area (Å²) in [6.45, 7) is 5.16. The second-order valence-electron chi connectivity index (χ2n) is 5.78. The number of amides is 1. The van der Waals surface area contributed by atoms with Crippen LogP contribution in [-0.4, -0.2) is 56.5 Å². The number of imidazole rings is 1. The standard InChI is InChI=1S/C17H23N5OS/c1-3-21(13-16-18-6-7-20(16)2)17(23)14-4-5-15(19-12-14)22-8-10-24-11-9-22/h4-7,12H,3,8-11,13H2,1-2H3. The van der Waals surface area contributed by atoms with Crippen molar-refractivity contribution >= 4 is 23.5 Å². The Kier molecular flexibility index (Phi) is 5.40. The Morgan fingerprint density at radius 2 is 2.08 bits per heavy atom. The van der Waals surface area contributed by atoms with Crippen molar-refractivity contribution in [3.05, 3.63) is 42.1 Å². The molecule has 0 saturated carbocycles. The van der Waals surface area contributed by atoms with Gasteiger partial charge in [0.2, 0.25) is 0 Å². The fraction of sp³-hybridized carbons (Fsp3) is 0.471. The second-order valence-corrected chi connectivity index (χ2v) is 7.00. The van der Waals surface area contributed by atoms with Crippen LogP contribution in [-0.2, 0) is 13.6 Å². The van der Waals surface area contributed by atoms with Gasteiger partial charge in [0.15, 0.2) is 0 Å². The van der Waals surface area contributed by atoms with Crippen molar-refractivity contribution in [3.63, 3.8) is 0 Å². The van der Waals surface area contributed by atoms with Crippen LogP contribution in [0.1, 0.15) is 23.1 Å². The van der Waals surface area contributed by atoms with Gasteiger partial charge in [-0.15, -0.1) is 0 Å². The van der Waals surface area contributed by atoms with Gasteiger partial charge in [0.25, 0.3) is 5.91 Å². The number of aromatic nitrogens is 3. The number of rotatable bonds is 5. The van der Waals surface area contributed by atoms with Crippen LogP contribution < -0.4 is 4.90 Å². The van der Waals surface area contributed by atoms with E-state index in [0.717, 1.165) is 36.2 Å². The average Bonchev–Trinajstić information content (AvgIpc) is 3.04. The Balaban J connectivity index is 1.69. The summed E-state index contributed by atoms with van der Waals surface area (Å²) >= 11 is 1.97. The summed E-state index contributed by atoms with van der Waals surface area (Å²) in [7, 11) is 1.94. The number of thioether (sulfide) groups is 1. The molecular formula is C17H23N5OS. The van der Waals surface area contributed by atoms with E-state index >= 15 is 0 Å². The van der Waals surface area contributed by atoms with E-state index in [0.29, 0.717) is 18.7 Å². The third kappa shape index (κ3) is 3.72. The first-order valence-corrected chi connectivity index (χ1v) is 9.38. The van der Waals surface area contributed by atoms with Crippen molar-refractivity contribution in [2.75, 3.05) is 36.0 Å². The van der Waals surface area contributed by atoms with E-state index in [2.05, 4.69) is 14.9 Å². The zero-order valence-electron chi connectivity index (χ0n) is 14.2. The zero-order chi connectivity index (χ0) is 16.9. The molecule has 0 spiro atoms. The second kappa shape index (κ2) is 7.70. The highest BCUT2D eigenvalue weighted by Gasteiger charge is 2.18. The van der Waals surface area contributed by atoms with E-state index in [1.54, 1.807) is 17.3 Å². The predicted molar refractivity (Wildman–Crippen MR) is 97.4 cm³/mol. The largest absolute Gasteiger partial charge is 0.355 e. The number of hydrogen-bond acceptors (Lipinski definition) is 5. The van der Waals surface area contributed by atoms with Crippen molar-refractivity contribution in [2.24, 2.45) is 7.05 Å². The molecule has 1 aliphatic rings. The number of carbonyl (C=O) groups is 1. The van der Waals surface area contributed by atoms with E-state index in [4.69, 9.17) is 0 Å². The normalized spacial score (nSPS) is 14.7. The first kappa shape index (κ1) is 16.8. The van der Waals surface area contributed by atoms with E-state index in [1.807, 2.05) is 48.6 Å². The quantitative estimate of drug-likeness (QED) is 0.830. The van der Waals surface area contributed by atoms with E-state index in [9.17, 15) is 4.79 Å². The molecule has 0 aliphatic carbocycles. The van der Waals surface area contributed by atoms with Gasteiger partial charge >= 0.3 is 0 Å². The molecular weight excluding hydrogens is 322 g/mol. The fourth-order valence-electron chi connectivity index (χ4n) is 2.72. The highest BCUT2D eigenvalue weighted by Crippen LogP contribution is 2.18. The van der Waals surface area contributed by atoms with Gasteiger partial charge in [-0.05, 0) is 19.1 Å². The summed E-state index contributed by atoms with van der Waals surface area (Å²) in [4.78, 5) is 25.6. The topological polar surface area (TPSA) is 54.3 Å². The molecule has 2 aromatic heterocycles. The Bertz CT molecular complexity index is 679. The maximum atomic E-state index is 12.7. The molecule has 7 heteroatoms. The van der Waals surface area contributed by atoms with Crippen molar-refractivity contribution in [1.29, 1.82) is 0 Å². The Morgan fingerprint density at radius 1 is 1.29 bits per heavy atom. The van der Waals surface area contributed by atoms with Gasteiger partial charge in [-0.1, -0.05) is 0 Å². The van der Waals surface area contributed by atoms with Crippen molar-refractivity contribution in [1.82, 2.24) is 19.4 Å². The maximum Gasteiger partial charge on any atom is 0.255 e. The SMILES string of the molecule is CCN(Cc1nccn1C)C(=O)c1ccc(N2CCSCC2)nc1. The zero-order valence-corrected chi connectivity index (χ0v) is 15.0. The lowest BCUT2D eigenvalue weighted by Crippen LogP contribution is -2.33. The number of pyridine rings is 1. The maximum absolute atomic E-state index is 12.7. The molecule has 0 radical (unpaired) electrons. The molecule has 1 amide bonds. The van der Waals surface area contributed by atoms with E-state index < -0.39 is 0 Å². The van der Waals surface area contributed by atoms with Gasteiger partial charge < -0.3 is 14.4 Å². The molecule has 3 heterocycles. The molecule has 6 nitrogen and oxygen atoms in total. The Labute approximate surface area is 146 Å². The molecule has 0 aromatic carbocycles. The van der Waals surface area contributed by atoms with Gasteiger partial charge in [0.1, 0.15) is 11.6 Å². The molecule has 0 unspecified atom stereocenters. The van der Waals surface area contributed by atoms with Gasteiger partial charge in [-0.25, -0.2) is 9.97 Å². The van der Waals surface area contributed by atoms with E-state index in [-0.39, 0.29) is 5.91 Å². The number of carbonyl (C=O) groups excluding carboxylic acids is 1. The van der Waals surface area contributed by atoms with Crippen molar-refractivity contribution in [2.45, 2.75) is 13.5 Å². The third-order valence-corrected chi connectivity index (χ3v) is 5.19. The van der Waals surface area contributed by atoms with Gasteiger partial charge in [-0.2, -0.15) is 11.8 Å². The Hall–Kier alpha value is -2.02. The summed E-state index contributed by atoms with van der Waals surface area (Å²) in [6.07, 6.45) is 5.34. The predicted octanol–water partition coefficient (Wildman–Crippen LogP) is 2.03. The molecule has 2 aromatic rings. The third-order valence-electron chi connectivity index (χ3n) is 4.25. The molecule has 0 bridgehead atoms. The summed E-state index contributed by atoms with van der Waals surface area (Å²) < 4.78 is 1.94. The molecule has 1 aliphatic heterocycles. The lowest BCUT2D eigenvalue weighted by molar-refractivity contribution is 0.0747. The van der Waals surface area contributed by atoms with Crippen LogP contribution in [0.5, 0.6) is 0 Å².